The van der Waals surface area contributed by atoms with Crippen molar-refractivity contribution in [2.75, 3.05) is 0 Å². The van der Waals surface area contributed by atoms with E-state index in [2.05, 4.69) is 18.8 Å². The highest BCUT2D eigenvalue weighted by atomic mass is 35.5. The van der Waals surface area contributed by atoms with Crippen LogP contribution in [0.25, 0.3) is 0 Å². The summed E-state index contributed by atoms with van der Waals surface area (Å²) in [5.41, 5.74) is 2.31. The van der Waals surface area contributed by atoms with Crippen molar-refractivity contribution in [3.63, 3.8) is 0 Å². The first-order chi connectivity index (χ1) is 5.11. The van der Waals surface area contributed by atoms with E-state index in [4.69, 9.17) is 11.6 Å². The van der Waals surface area contributed by atoms with Crippen LogP contribution in [0.4, 0.5) is 0 Å². The van der Waals surface area contributed by atoms with E-state index in [1.165, 1.54) is 5.56 Å². The smallest absolute Gasteiger partial charge is 0.0592 e. The molecule has 0 aliphatic carbocycles. The summed E-state index contributed by atoms with van der Waals surface area (Å²) in [6.07, 6.45) is 1.70. The Kier molecular flexibility index (Phi) is 2.50. The van der Waals surface area contributed by atoms with E-state index in [1.807, 2.05) is 13.0 Å². The molecule has 0 radical (unpaired) electrons. The zero-order chi connectivity index (χ0) is 8.43. The summed E-state index contributed by atoms with van der Waals surface area (Å²) in [5.74, 6) is 0.479. The number of nitrogens with zero attached hydrogens (tertiary/aromatic N) is 1. The maximum absolute atomic E-state index is 5.76. The van der Waals surface area contributed by atoms with Gasteiger partial charge in [-0.1, -0.05) is 25.4 Å². The van der Waals surface area contributed by atoms with Crippen molar-refractivity contribution in [2.24, 2.45) is 0 Å². The van der Waals surface area contributed by atoms with E-state index < -0.39 is 0 Å². The maximum Gasteiger partial charge on any atom is 0.0592 e. The second-order valence-corrected chi connectivity index (χ2v) is 3.45. The van der Waals surface area contributed by atoms with Gasteiger partial charge in [0.05, 0.1) is 5.02 Å². The minimum atomic E-state index is 0.479. The van der Waals surface area contributed by atoms with Gasteiger partial charge < -0.3 is 0 Å². The van der Waals surface area contributed by atoms with Gasteiger partial charge in [-0.25, -0.2) is 0 Å². The zero-order valence-electron chi connectivity index (χ0n) is 7.06. The molecule has 60 valence electrons. The number of rotatable bonds is 1. The topological polar surface area (TPSA) is 12.9 Å². The third kappa shape index (κ3) is 1.93. The average molecular weight is 170 g/mol. The highest BCUT2D eigenvalue weighted by Crippen LogP contribution is 2.18. The first-order valence-corrected chi connectivity index (χ1v) is 4.11. The van der Waals surface area contributed by atoms with Gasteiger partial charge in [0, 0.05) is 11.9 Å². The fourth-order valence-electron chi connectivity index (χ4n) is 1.16. The van der Waals surface area contributed by atoms with Crippen LogP contribution in [0.3, 0.4) is 0 Å². The molecule has 1 aromatic heterocycles. The summed E-state index contributed by atoms with van der Waals surface area (Å²) in [7, 11) is 0. The van der Waals surface area contributed by atoms with Gasteiger partial charge in [0.1, 0.15) is 0 Å². The Morgan fingerprint density at radius 3 is 2.55 bits per heavy atom. The molecular weight excluding hydrogens is 158 g/mol. The minimum Gasteiger partial charge on any atom is -0.259 e. The molecule has 1 nitrogen and oxygen atoms in total. The molecule has 0 aromatic carbocycles. The molecule has 2 heteroatoms. The van der Waals surface area contributed by atoms with Crippen molar-refractivity contribution < 1.29 is 0 Å². The fourth-order valence-corrected chi connectivity index (χ4v) is 1.37. The van der Waals surface area contributed by atoms with E-state index in [1.54, 1.807) is 6.20 Å². The van der Waals surface area contributed by atoms with E-state index >= 15 is 0 Å². The summed E-state index contributed by atoms with van der Waals surface area (Å²) < 4.78 is 0. The van der Waals surface area contributed by atoms with Crippen LogP contribution in [0.2, 0.25) is 5.02 Å². The summed E-state index contributed by atoms with van der Waals surface area (Å²) in [6.45, 7) is 6.29. The minimum absolute atomic E-state index is 0.479. The van der Waals surface area contributed by atoms with Gasteiger partial charge in [0.2, 0.25) is 0 Å². The Hall–Kier alpha value is -0.560. The van der Waals surface area contributed by atoms with Crippen LogP contribution in [-0.2, 0) is 0 Å². The van der Waals surface area contributed by atoms with Crippen LogP contribution in [0.1, 0.15) is 31.0 Å². The zero-order valence-corrected chi connectivity index (χ0v) is 7.81. The molecule has 0 amide bonds. The molecule has 1 rings (SSSR count). The largest absolute Gasteiger partial charge is 0.259 e. The molecule has 0 bridgehead atoms. The molecule has 0 N–H and O–H groups in total. The Labute approximate surface area is 72.4 Å². The molecule has 0 aliphatic rings. The van der Waals surface area contributed by atoms with Gasteiger partial charge >= 0.3 is 0 Å². The van der Waals surface area contributed by atoms with Crippen LogP contribution in [-0.4, -0.2) is 4.98 Å². The molecule has 0 atom stereocenters. The monoisotopic (exact) mass is 169 g/mol. The molecule has 0 spiro atoms. The van der Waals surface area contributed by atoms with Crippen LogP contribution >= 0.6 is 11.6 Å². The molecule has 11 heavy (non-hydrogen) atoms. The predicted octanol–water partition coefficient (Wildman–Crippen LogP) is 3.17. The Morgan fingerprint density at radius 2 is 2.09 bits per heavy atom. The first-order valence-electron chi connectivity index (χ1n) is 3.73. The lowest BCUT2D eigenvalue weighted by molar-refractivity contribution is 0.812. The van der Waals surface area contributed by atoms with Crippen molar-refractivity contribution in [1.82, 2.24) is 4.98 Å². The number of pyridine rings is 1. The van der Waals surface area contributed by atoms with E-state index in [0.717, 1.165) is 5.69 Å². The number of hydrogen-bond donors (Lipinski definition) is 0. The predicted molar refractivity (Wildman–Crippen MR) is 48.1 cm³/mol. The van der Waals surface area contributed by atoms with Crippen molar-refractivity contribution >= 4 is 11.6 Å². The molecule has 0 aliphatic heterocycles. The fraction of sp³-hybridized carbons (Fsp3) is 0.444. The molecule has 0 fully saturated rings. The number of aromatic nitrogens is 1. The van der Waals surface area contributed by atoms with Crippen molar-refractivity contribution in [3.8, 4) is 0 Å². The standard InChI is InChI=1S/C9H12ClN/c1-6(2)9-7(3)4-8(10)5-11-9/h4-6H,1-3H3. The highest BCUT2D eigenvalue weighted by Gasteiger charge is 2.04. The van der Waals surface area contributed by atoms with Crippen molar-refractivity contribution in [1.29, 1.82) is 0 Å². The third-order valence-corrected chi connectivity index (χ3v) is 1.84. The van der Waals surface area contributed by atoms with Gasteiger partial charge in [-0.3, -0.25) is 4.98 Å². The second kappa shape index (κ2) is 3.22. The van der Waals surface area contributed by atoms with Gasteiger partial charge in [-0.15, -0.1) is 0 Å². The van der Waals surface area contributed by atoms with Crippen LogP contribution < -0.4 is 0 Å². The lowest BCUT2D eigenvalue weighted by atomic mass is 10.1. The van der Waals surface area contributed by atoms with E-state index in [-0.39, 0.29) is 0 Å². The lowest BCUT2D eigenvalue weighted by Crippen LogP contribution is -1.95. The molecule has 0 unspecified atom stereocenters. The molecular formula is C9H12ClN. The quantitative estimate of drug-likeness (QED) is 0.630. The van der Waals surface area contributed by atoms with Crippen LogP contribution in [0.15, 0.2) is 12.3 Å². The van der Waals surface area contributed by atoms with Crippen LogP contribution in [0.5, 0.6) is 0 Å². The number of hydrogen-bond acceptors (Lipinski definition) is 1. The summed E-state index contributed by atoms with van der Waals surface area (Å²) in [5, 5.41) is 0.715. The summed E-state index contributed by atoms with van der Waals surface area (Å²) >= 11 is 5.76. The molecule has 0 saturated heterocycles. The van der Waals surface area contributed by atoms with Crippen molar-refractivity contribution in [3.05, 3.63) is 28.5 Å². The van der Waals surface area contributed by atoms with E-state index in [0.29, 0.717) is 10.9 Å². The summed E-state index contributed by atoms with van der Waals surface area (Å²) in [4.78, 5) is 4.25. The maximum atomic E-state index is 5.76. The highest BCUT2D eigenvalue weighted by molar-refractivity contribution is 6.30. The van der Waals surface area contributed by atoms with Gasteiger partial charge in [0.15, 0.2) is 0 Å². The van der Waals surface area contributed by atoms with Gasteiger partial charge in [-0.2, -0.15) is 0 Å². The van der Waals surface area contributed by atoms with Gasteiger partial charge in [-0.05, 0) is 24.5 Å². The SMILES string of the molecule is Cc1cc(Cl)cnc1C(C)C. The molecule has 0 saturated carbocycles. The first kappa shape index (κ1) is 8.54. The number of aryl methyl sites for hydroxylation is 1. The normalized spacial score (nSPS) is 10.6. The Bertz CT molecular complexity index is 256. The summed E-state index contributed by atoms with van der Waals surface area (Å²) in [6, 6.07) is 1.95. The van der Waals surface area contributed by atoms with Crippen LogP contribution in [0, 0.1) is 6.92 Å². The Balaban J connectivity index is 3.09. The van der Waals surface area contributed by atoms with Gasteiger partial charge in [0.25, 0.3) is 0 Å². The molecule has 1 aromatic rings. The molecule has 1 heterocycles. The average Bonchev–Trinajstić information content (AvgIpc) is 1.85. The lowest BCUT2D eigenvalue weighted by Gasteiger charge is -2.07. The second-order valence-electron chi connectivity index (χ2n) is 3.01. The Morgan fingerprint density at radius 1 is 1.45 bits per heavy atom. The number of halogens is 1. The van der Waals surface area contributed by atoms with Crippen molar-refractivity contribution in [2.45, 2.75) is 26.7 Å². The van der Waals surface area contributed by atoms with E-state index in [9.17, 15) is 0 Å². The third-order valence-electron chi connectivity index (χ3n) is 1.63.